The number of aromatic amines is 1. The third kappa shape index (κ3) is 3.47. The molecule has 132 valence electrons. The Morgan fingerprint density at radius 3 is 2.88 bits per heavy atom. The Balaban J connectivity index is 1.34. The van der Waals surface area contributed by atoms with E-state index >= 15 is 0 Å². The minimum absolute atomic E-state index is 0.0109. The van der Waals surface area contributed by atoms with Crippen molar-refractivity contribution in [1.29, 1.82) is 0 Å². The first kappa shape index (κ1) is 16.4. The van der Waals surface area contributed by atoms with Crippen LogP contribution in [0.5, 0.6) is 0 Å². The van der Waals surface area contributed by atoms with Crippen molar-refractivity contribution in [2.75, 3.05) is 19.6 Å². The molecule has 0 bridgehead atoms. The van der Waals surface area contributed by atoms with Crippen LogP contribution in [0.25, 0.3) is 16.6 Å². The van der Waals surface area contributed by atoms with Crippen LogP contribution in [0.15, 0.2) is 60.9 Å². The zero-order chi connectivity index (χ0) is 17.8. The normalized spacial score (nSPS) is 14.3. The number of carbonyl (C=O) groups is 1. The second kappa shape index (κ2) is 7.44. The summed E-state index contributed by atoms with van der Waals surface area (Å²) in [5.41, 5.74) is 4.61. The van der Waals surface area contributed by atoms with Crippen LogP contribution < -0.4 is 5.32 Å². The number of nitrogens with zero attached hydrogens (tertiary/aromatic N) is 2. The molecule has 4 rings (SSSR count). The highest BCUT2D eigenvalue weighted by Gasteiger charge is 2.19. The third-order valence-electron chi connectivity index (χ3n) is 4.83. The van der Waals surface area contributed by atoms with Crippen molar-refractivity contribution in [3.8, 4) is 0 Å². The van der Waals surface area contributed by atoms with Gasteiger partial charge in [0, 0.05) is 43.0 Å². The Morgan fingerprint density at radius 2 is 2.08 bits per heavy atom. The van der Waals surface area contributed by atoms with Gasteiger partial charge in [-0.15, -0.1) is 0 Å². The van der Waals surface area contributed by atoms with Gasteiger partial charge in [-0.1, -0.05) is 36.4 Å². The molecule has 0 fully saturated rings. The minimum Gasteiger partial charge on any atom is -0.346 e. The van der Waals surface area contributed by atoms with Crippen molar-refractivity contribution in [1.82, 2.24) is 20.2 Å². The molecule has 0 radical (unpaired) electrons. The summed E-state index contributed by atoms with van der Waals surface area (Å²) in [5, 5.41) is 4.16. The average molecular weight is 346 g/mol. The van der Waals surface area contributed by atoms with Crippen LogP contribution >= 0.6 is 0 Å². The van der Waals surface area contributed by atoms with Crippen LogP contribution in [-0.2, 0) is 6.42 Å². The van der Waals surface area contributed by atoms with E-state index in [0.717, 1.165) is 30.4 Å². The van der Waals surface area contributed by atoms with E-state index in [2.05, 4.69) is 39.6 Å². The van der Waals surface area contributed by atoms with E-state index < -0.39 is 0 Å². The van der Waals surface area contributed by atoms with Crippen LogP contribution in [0, 0.1) is 0 Å². The largest absolute Gasteiger partial charge is 0.346 e. The van der Waals surface area contributed by atoms with Crippen LogP contribution in [0.2, 0.25) is 0 Å². The molecule has 2 amide bonds. The number of urea groups is 1. The van der Waals surface area contributed by atoms with Crippen molar-refractivity contribution in [3.05, 3.63) is 72.1 Å². The number of benzene rings is 1. The summed E-state index contributed by atoms with van der Waals surface area (Å²) in [6, 6.07) is 14.3. The lowest BCUT2D eigenvalue weighted by molar-refractivity contribution is 0.203. The molecule has 3 heterocycles. The SMILES string of the molecule is O=C(NCCc1ccccc1)N1CC=C(c2c[nH]c3ncccc23)CC1. The summed E-state index contributed by atoms with van der Waals surface area (Å²) in [6.45, 7) is 2.03. The van der Waals surface area contributed by atoms with Crippen molar-refractivity contribution >= 4 is 22.6 Å². The van der Waals surface area contributed by atoms with Gasteiger partial charge >= 0.3 is 6.03 Å². The fourth-order valence-corrected chi connectivity index (χ4v) is 3.39. The lowest BCUT2D eigenvalue weighted by Gasteiger charge is -2.26. The molecule has 5 heteroatoms. The molecule has 26 heavy (non-hydrogen) atoms. The van der Waals surface area contributed by atoms with Gasteiger partial charge in [0.1, 0.15) is 5.65 Å². The van der Waals surface area contributed by atoms with Gasteiger partial charge in [-0.2, -0.15) is 0 Å². The number of aromatic nitrogens is 2. The molecule has 2 aromatic heterocycles. The number of nitrogens with one attached hydrogen (secondary N) is 2. The predicted molar refractivity (Wildman–Crippen MR) is 104 cm³/mol. The number of amides is 2. The Hall–Kier alpha value is -3.08. The predicted octanol–water partition coefficient (Wildman–Crippen LogP) is 3.60. The maximum Gasteiger partial charge on any atom is 0.317 e. The van der Waals surface area contributed by atoms with E-state index in [-0.39, 0.29) is 6.03 Å². The molecule has 0 saturated heterocycles. The summed E-state index contributed by atoms with van der Waals surface area (Å²) in [6.07, 6.45) is 7.66. The number of H-pyrrole nitrogens is 1. The number of rotatable bonds is 4. The van der Waals surface area contributed by atoms with E-state index in [9.17, 15) is 4.79 Å². The molecule has 1 aromatic carbocycles. The fourth-order valence-electron chi connectivity index (χ4n) is 3.39. The standard InChI is InChI=1S/C21H22N4O/c26-21(23-12-8-16-5-2-1-3-6-16)25-13-9-17(10-14-25)19-15-24-20-18(19)7-4-11-22-20/h1-7,9,11,15H,8,10,12-14H2,(H,22,24)(H,23,26). The Labute approximate surface area is 152 Å². The van der Waals surface area contributed by atoms with Crippen LogP contribution in [0.4, 0.5) is 4.79 Å². The van der Waals surface area contributed by atoms with E-state index in [1.807, 2.05) is 35.4 Å². The molecule has 1 aliphatic heterocycles. The fraction of sp³-hybridized carbons (Fsp3) is 0.238. The molecule has 0 spiro atoms. The molecule has 3 aromatic rings. The molecule has 0 aliphatic carbocycles. The summed E-state index contributed by atoms with van der Waals surface area (Å²) in [4.78, 5) is 21.8. The number of pyridine rings is 1. The zero-order valence-corrected chi connectivity index (χ0v) is 14.6. The van der Waals surface area contributed by atoms with Gasteiger partial charge in [-0.25, -0.2) is 9.78 Å². The highest BCUT2D eigenvalue weighted by molar-refractivity contribution is 5.91. The van der Waals surface area contributed by atoms with E-state index in [0.29, 0.717) is 13.1 Å². The highest BCUT2D eigenvalue weighted by atomic mass is 16.2. The van der Waals surface area contributed by atoms with Crippen LogP contribution in [0.3, 0.4) is 0 Å². The first-order chi connectivity index (χ1) is 12.8. The lowest BCUT2D eigenvalue weighted by atomic mass is 10.00. The minimum atomic E-state index is 0.0109. The molecular weight excluding hydrogens is 324 g/mol. The average Bonchev–Trinajstić information content (AvgIpc) is 3.13. The van der Waals surface area contributed by atoms with Gasteiger partial charge in [0.05, 0.1) is 0 Å². The molecule has 2 N–H and O–H groups in total. The molecule has 5 nitrogen and oxygen atoms in total. The highest BCUT2D eigenvalue weighted by Crippen LogP contribution is 2.28. The third-order valence-corrected chi connectivity index (χ3v) is 4.83. The van der Waals surface area contributed by atoms with Gasteiger partial charge in [-0.3, -0.25) is 0 Å². The maximum atomic E-state index is 12.4. The summed E-state index contributed by atoms with van der Waals surface area (Å²) < 4.78 is 0. The quantitative estimate of drug-likeness (QED) is 0.758. The summed E-state index contributed by atoms with van der Waals surface area (Å²) in [5.74, 6) is 0. The Bertz CT molecular complexity index is 929. The van der Waals surface area contributed by atoms with E-state index in [1.165, 1.54) is 16.7 Å². The molecule has 0 atom stereocenters. The summed E-state index contributed by atoms with van der Waals surface area (Å²) in [7, 11) is 0. The topological polar surface area (TPSA) is 61.0 Å². The second-order valence-electron chi connectivity index (χ2n) is 6.49. The van der Waals surface area contributed by atoms with Crippen LogP contribution in [-0.4, -0.2) is 40.5 Å². The second-order valence-corrected chi connectivity index (χ2v) is 6.49. The zero-order valence-electron chi connectivity index (χ0n) is 14.6. The van der Waals surface area contributed by atoms with Gasteiger partial charge in [0.15, 0.2) is 0 Å². The number of hydrogen-bond acceptors (Lipinski definition) is 2. The summed E-state index contributed by atoms with van der Waals surface area (Å²) >= 11 is 0. The number of fused-ring (bicyclic) bond motifs is 1. The first-order valence-corrected chi connectivity index (χ1v) is 8.99. The smallest absolute Gasteiger partial charge is 0.317 e. The van der Waals surface area contributed by atoms with Crippen molar-refractivity contribution in [2.24, 2.45) is 0 Å². The van der Waals surface area contributed by atoms with Gasteiger partial charge in [-0.05, 0) is 36.1 Å². The Kier molecular flexibility index (Phi) is 4.69. The monoisotopic (exact) mass is 346 g/mol. The maximum absolute atomic E-state index is 12.4. The molecular formula is C21H22N4O. The van der Waals surface area contributed by atoms with Gasteiger partial charge < -0.3 is 15.2 Å². The van der Waals surface area contributed by atoms with Crippen molar-refractivity contribution in [2.45, 2.75) is 12.8 Å². The molecule has 0 unspecified atom stereocenters. The van der Waals surface area contributed by atoms with Crippen LogP contribution in [0.1, 0.15) is 17.5 Å². The van der Waals surface area contributed by atoms with E-state index in [4.69, 9.17) is 0 Å². The first-order valence-electron chi connectivity index (χ1n) is 8.99. The Morgan fingerprint density at radius 1 is 1.19 bits per heavy atom. The lowest BCUT2D eigenvalue weighted by Crippen LogP contribution is -2.42. The van der Waals surface area contributed by atoms with Gasteiger partial charge in [0.25, 0.3) is 0 Å². The number of hydrogen-bond donors (Lipinski definition) is 2. The van der Waals surface area contributed by atoms with E-state index in [1.54, 1.807) is 6.20 Å². The molecule has 0 saturated carbocycles. The van der Waals surface area contributed by atoms with Crippen molar-refractivity contribution in [3.63, 3.8) is 0 Å². The van der Waals surface area contributed by atoms with Crippen molar-refractivity contribution < 1.29 is 4.79 Å². The van der Waals surface area contributed by atoms with Gasteiger partial charge in [0.2, 0.25) is 0 Å². The molecule has 1 aliphatic rings. The number of carbonyl (C=O) groups excluding carboxylic acids is 1.